The Bertz CT molecular complexity index is 144. The van der Waals surface area contributed by atoms with Crippen LogP contribution in [0.3, 0.4) is 0 Å². The van der Waals surface area contributed by atoms with Crippen LogP contribution in [0.5, 0.6) is 0 Å². The largest absolute Gasteiger partial charge is 0.468 e. The summed E-state index contributed by atoms with van der Waals surface area (Å²) >= 11 is 0. The molecule has 0 saturated heterocycles. The van der Waals surface area contributed by atoms with E-state index in [1.54, 1.807) is 6.92 Å². The number of ether oxygens (including phenoxy) is 1. The van der Waals surface area contributed by atoms with Crippen LogP contribution in [0.4, 0.5) is 0 Å². The molecule has 10 heavy (non-hydrogen) atoms. The SMILES string of the molecule is CCC(C(N)=O)C(=O)OC. The normalized spacial score (nSPS) is 12.2. The third-order valence-electron chi connectivity index (χ3n) is 1.24. The van der Waals surface area contributed by atoms with E-state index >= 15 is 0 Å². The summed E-state index contributed by atoms with van der Waals surface area (Å²) in [5.41, 5.74) is 4.88. The average molecular weight is 145 g/mol. The molecule has 0 aliphatic heterocycles. The zero-order chi connectivity index (χ0) is 8.15. The molecule has 0 saturated carbocycles. The number of rotatable bonds is 3. The highest BCUT2D eigenvalue weighted by atomic mass is 16.5. The van der Waals surface area contributed by atoms with Gasteiger partial charge in [-0.3, -0.25) is 9.59 Å². The monoisotopic (exact) mass is 145 g/mol. The second-order valence-corrected chi connectivity index (χ2v) is 1.89. The van der Waals surface area contributed by atoms with Crippen LogP contribution in [0.1, 0.15) is 13.3 Å². The lowest BCUT2D eigenvalue weighted by Crippen LogP contribution is -2.30. The molecule has 0 bridgehead atoms. The molecule has 0 aliphatic rings. The number of primary amides is 1. The molecule has 1 unspecified atom stereocenters. The minimum absolute atomic E-state index is 0.391. The summed E-state index contributed by atoms with van der Waals surface area (Å²) in [5, 5.41) is 0. The molecule has 4 nitrogen and oxygen atoms in total. The Hall–Kier alpha value is -1.06. The van der Waals surface area contributed by atoms with Crippen molar-refractivity contribution in [2.45, 2.75) is 13.3 Å². The Labute approximate surface area is 59.3 Å². The van der Waals surface area contributed by atoms with Gasteiger partial charge in [-0.1, -0.05) is 6.92 Å². The van der Waals surface area contributed by atoms with Crippen LogP contribution in [0.25, 0.3) is 0 Å². The number of carbonyl (C=O) groups is 2. The predicted molar refractivity (Wildman–Crippen MR) is 35.0 cm³/mol. The third kappa shape index (κ3) is 2.05. The molecule has 2 N–H and O–H groups in total. The van der Waals surface area contributed by atoms with Gasteiger partial charge in [-0.15, -0.1) is 0 Å². The van der Waals surface area contributed by atoms with Crippen molar-refractivity contribution in [3.05, 3.63) is 0 Å². The fourth-order valence-corrected chi connectivity index (χ4v) is 0.626. The number of nitrogens with two attached hydrogens (primary N) is 1. The molecule has 0 radical (unpaired) electrons. The van der Waals surface area contributed by atoms with Gasteiger partial charge >= 0.3 is 5.97 Å². The average Bonchev–Trinajstić information content (AvgIpc) is 1.88. The summed E-state index contributed by atoms with van der Waals surface area (Å²) in [6.07, 6.45) is 0.391. The lowest BCUT2D eigenvalue weighted by Gasteiger charge is -2.06. The summed E-state index contributed by atoms with van der Waals surface area (Å²) in [6, 6.07) is 0. The Balaban J connectivity index is 4.06. The molecule has 0 aliphatic carbocycles. The number of methoxy groups -OCH3 is 1. The molecular weight excluding hydrogens is 134 g/mol. The minimum atomic E-state index is -0.787. The van der Waals surface area contributed by atoms with Gasteiger partial charge in [0.05, 0.1) is 7.11 Å². The van der Waals surface area contributed by atoms with E-state index in [1.807, 2.05) is 0 Å². The van der Waals surface area contributed by atoms with Crippen LogP contribution in [0.15, 0.2) is 0 Å². The van der Waals surface area contributed by atoms with Crippen molar-refractivity contribution >= 4 is 11.9 Å². The van der Waals surface area contributed by atoms with Gasteiger partial charge in [0.25, 0.3) is 0 Å². The Morgan fingerprint density at radius 2 is 2.10 bits per heavy atom. The van der Waals surface area contributed by atoms with E-state index in [0.29, 0.717) is 6.42 Å². The fraction of sp³-hybridized carbons (Fsp3) is 0.667. The topological polar surface area (TPSA) is 69.4 Å². The minimum Gasteiger partial charge on any atom is -0.468 e. The number of carbonyl (C=O) groups excluding carboxylic acids is 2. The molecule has 0 aromatic heterocycles. The van der Waals surface area contributed by atoms with Gasteiger partial charge in [0, 0.05) is 0 Å². The van der Waals surface area contributed by atoms with Crippen molar-refractivity contribution in [1.82, 2.24) is 0 Å². The van der Waals surface area contributed by atoms with Crippen LogP contribution in [0, 0.1) is 5.92 Å². The van der Waals surface area contributed by atoms with Crippen molar-refractivity contribution in [2.75, 3.05) is 7.11 Å². The number of amides is 1. The Morgan fingerprint density at radius 1 is 1.60 bits per heavy atom. The molecule has 0 aromatic carbocycles. The van der Waals surface area contributed by atoms with E-state index in [9.17, 15) is 9.59 Å². The van der Waals surface area contributed by atoms with Gasteiger partial charge in [-0.05, 0) is 6.42 Å². The molecule has 0 rings (SSSR count). The maximum Gasteiger partial charge on any atom is 0.318 e. The zero-order valence-electron chi connectivity index (χ0n) is 6.09. The van der Waals surface area contributed by atoms with E-state index in [0.717, 1.165) is 0 Å². The number of hydrogen-bond donors (Lipinski definition) is 1. The second-order valence-electron chi connectivity index (χ2n) is 1.89. The molecule has 0 spiro atoms. The van der Waals surface area contributed by atoms with Gasteiger partial charge in [-0.2, -0.15) is 0 Å². The van der Waals surface area contributed by atoms with Gasteiger partial charge in [-0.25, -0.2) is 0 Å². The Morgan fingerprint density at radius 3 is 2.20 bits per heavy atom. The molecule has 58 valence electrons. The first-order chi connectivity index (χ1) is 4.63. The first-order valence-corrected chi connectivity index (χ1v) is 3.00. The molecule has 1 amide bonds. The molecule has 0 heterocycles. The van der Waals surface area contributed by atoms with Crippen molar-refractivity contribution in [3.8, 4) is 0 Å². The third-order valence-corrected chi connectivity index (χ3v) is 1.24. The van der Waals surface area contributed by atoms with Crippen molar-refractivity contribution < 1.29 is 14.3 Å². The smallest absolute Gasteiger partial charge is 0.318 e. The first kappa shape index (κ1) is 8.94. The maximum absolute atomic E-state index is 10.7. The summed E-state index contributed by atoms with van der Waals surface area (Å²) in [4.78, 5) is 21.1. The van der Waals surface area contributed by atoms with E-state index in [1.165, 1.54) is 7.11 Å². The van der Waals surface area contributed by atoms with Crippen molar-refractivity contribution in [3.63, 3.8) is 0 Å². The quantitative estimate of drug-likeness (QED) is 0.436. The zero-order valence-corrected chi connectivity index (χ0v) is 6.09. The van der Waals surface area contributed by atoms with Gasteiger partial charge in [0.15, 0.2) is 0 Å². The molecular formula is C6H11NO3. The molecule has 1 atom stereocenters. The molecule has 0 aromatic rings. The second kappa shape index (κ2) is 3.87. The lowest BCUT2D eigenvalue weighted by molar-refractivity contribution is -0.149. The van der Waals surface area contributed by atoms with E-state index in [2.05, 4.69) is 4.74 Å². The summed E-state index contributed by atoms with van der Waals surface area (Å²) in [7, 11) is 1.23. The van der Waals surface area contributed by atoms with Crippen molar-refractivity contribution in [1.29, 1.82) is 0 Å². The number of esters is 1. The van der Waals surface area contributed by atoms with Gasteiger partial charge in [0.1, 0.15) is 5.92 Å². The van der Waals surface area contributed by atoms with Crippen LogP contribution in [-0.2, 0) is 14.3 Å². The molecule has 4 heteroatoms. The standard InChI is InChI=1S/C6H11NO3/c1-3-4(5(7)8)6(9)10-2/h4H,3H2,1-2H3,(H2,7,8). The van der Waals surface area contributed by atoms with E-state index in [-0.39, 0.29) is 0 Å². The summed E-state index contributed by atoms with van der Waals surface area (Å²) in [6.45, 7) is 1.70. The highest BCUT2D eigenvalue weighted by Gasteiger charge is 2.22. The lowest BCUT2D eigenvalue weighted by atomic mass is 10.1. The van der Waals surface area contributed by atoms with Crippen molar-refractivity contribution in [2.24, 2.45) is 11.7 Å². The van der Waals surface area contributed by atoms with Crippen LogP contribution >= 0.6 is 0 Å². The molecule has 0 fully saturated rings. The Kier molecular flexibility index (Phi) is 3.46. The van der Waals surface area contributed by atoms with Gasteiger partial charge in [0.2, 0.25) is 5.91 Å². The summed E-state index contributed by atoms with van der Waals surface area (Å²) in [5.74, 6) is -1.98. The maximum atomic E-state index is 10.7. The van der Waals surface area contributed by atoms with E-state index < -0.39 is 17.8 Å². The highest BCUT2D eigenvalue weighted by molar-refractivity contribution is 5.96. The highest BCUT2D eigenvalue weighted by Crippen LogP contribution is 2.02. The summed E-state index contributed by atoms with van der Waals surface area (Å²) < 4.78 is 4.32. The first-order valence-electron chi connectivity index (χ1n) is 3.00. The fourth-order valence-electron chi connectivity index (χ4n) is 0.626. The van der Waals surface area contributed by atoms with Crippen LogP contribution < -0.4 is 5.73 Å². The van der Waals surface area contributed by atoms with Gasteiger partial charge < -0.3 is 10.5 Å². The number of hydrogen-bond acceptors (Lipinski definition) is 3. The van der Waals surface area contributed by atoms with Crippen LogP contribution in [-0.4, -0.2) is 19.0 Å². The van der Waals surface area contributed by atoms with Crippen LogP contribution in [0.2, 0.25) is 0 Å². The predicted octanol–water partition coefficient (Wildman–Crippen LogP) is -0.329. The van der Waals surface area contributed by atoms with E-state index in [4.69, 9.17) is 5.73 Å².